The molecule has 1 aromatic rings. The summed E-state index contributed by atoms with van der Waals surface area (Å²) in [6, 6.07) is 0. The lowest BCUT2D eigenvalue weighted by atomic mass is 9.97. The number of nitrogens with two attached hydrogens (primary N) is 1. The van der Waals surface area contributed by atoms with E-state index >= 15 is 0 Å². The van der Waals surface area contributed by atoms with E-state index in [1.807, 2.05) is 6.92 Å². The highest BCUT2D eigenvalue weighted by Gasteiger charge is 2.38. The second kappa shape index (κ2) is 3.63. The smallest absolute Gasteiger partial charge is 0.113 e. The Bertz CT molecular complexity index is 321. The van der Waals surface area contributed by atoms with Gasteiger partial charge in [0.1, 0.15) is 5.01 Å². The fourth-order valence-corrected chi connectivity index (χ4v) is 3.26. The fourth-order valence-electron chi connectivity index (χ4n) is 2.31. The van der Waals surface area contributed by atoms with Gasteiger partial charge < -0.3 is 5.73 Å². The molecule has 0 saturated heterocycles. The average molecular weight is 210 g/mol. The van der Waals surface area contributed by atoms with Crippen LogP contribution in [0.2, 0.25) is 0 Å². The van der Waals surface area contributed by atoms with Crippen molar-refractivity contribution in [3.05, 3.63) is 16.1 Å². The zero-order valence-electron chi connectivity index (χ0n) is 8.92. The van der Waals surface area contributed by atoms with Gasteiger partial charge in [0.15, 0.2) is 0 Å². The van der Waals surface area contributed by atoms with Crippen molar-refractivity contribution in [1.82, 2.24) is 4.98 Å². The molecule has 3 heteroatoms. The van der Waals surface area contributed by atoms with Crippen molar-refractivity contribution >= 4 is 11.3 Å². The van der Waals surface area contributed by atoms with Gasteiger partial charge in [-0.1, -0.05) is 13.3 Å². The highest BCUT2D eigenvalue weighted by molar-refractivity contribution is 7.09. The lowest BCUT2D eigenvalue weighted by Gasteiger charge is -2.21. The van der Waals surface area contributed by atoms with Crippen LogP contribution < -0.4 is 5.73 Å². The maximum absolute atomic E-state index is 6.41. The average Bonchev–Trinajstić information content (AvgIpc) is 2.73. The van der Waals surface area contributed by atoms with Gasteiger partial charge in [-0.3, -0.25) is 0 Å². The van der Waals surface area contributed by atoms with E-state index in [0.717, 1.165) is 29.5 Å². The van der Waals surface area contributed by atoms with Gasteiger partial charge in [-0.25, -0.2) is 4.98 Å². The largest absolute Gasteiger partial charge is 0.319 e. The minimum atomic E-state index is -0.112. The topological polar surface area (TPSA) is 38.9 Å². The van der Waals surface area contributed by atoms with E-state index in [0.29, 0.717) is 0 Å². The standard InChI is InChI=1S/C11H18N2S/c1-3-9-4-5-11(12,6-9)10-13-8(2)7-14-10/h7,9H,3-6,12H2,1-2H3. The molecule has 2 N–H and O–H groups in total. The zero-order chi connectivity index (χ0) is 10.2. The quantitative estimate of drug-likeness (QED) is 0.815. The van der Waals surface area contributed by atoms with Gasteiger partial charge in [-0.15, -0.1) is 11.3 Å². The maximum atomic E-state index is 6.41. The van der Waals surface area contributed by atoms with E-state index in [4.69, 9.17) is 5.73 Å². The third kappa shape index (κ3) is 1.71. The molecule has 1 aromatic heterocycles. The molecule has 2 rings (SSSR count). The molecule has 1 aliphatic carbocycles. The van der Waals surface area contributed by atoms with Crippen molar-refractivity contribution in [2.45, 2.75) is 45.1 Å². The molecule has 0 spiro atoms. The monoisotopic (exact) mass is 210 g/mol. The molecular formula is C11H18N2S. The number of rotatable bonds is 2. The van der Waals surface area contributed by atoms with E-state index in [2.05, 4.69) is 17.3 Å². The van der Waals surface area contributed by atoms with Crippen molar-refractivity contribution in [2.24, 2.45) is 11.7 Å². The Balaban J connectivity index is 2.18. The summed E-state index contributed by atoms with van der Waals surface area (Å²) in [7, 11) is 0. The van der Waals surface area contributed by atoms with Crippen molar-refractivity contribution in [2.75, 3.05) is 0 Å². The van der Waals surface area contributed by atoms with E-state index in [9.17, 15) is 0 Å². The summed E-state index contributed by atoms with van der Waals surface area (Å²) in [5, 5.41) is 3.24. The van der Waals surface area contributed by atoms with Crippen LogP contribution in [0.4, 0.5) is 0 Å². The Labute approximate surface area is 89.5 Å². The highest BCUT2D eigenvalue weighted by atomic mass is 32.1. The Hall–Kier alpha value is -0.410. The van der Waals surface area contributed by atoms with Crippen molar-refractivity contribution < 1.29 is 0 Å². The molecule has 0 aromatic carbocycles. The van der Waals surface area contributed by atoms with Crippen LogP contribution in [0.1, 0.15) is 43.3 Å². The first-order valence-corrected chi connectivity index (χ1v) is 6.23. The van der Waals surface area contributed by atoms with Crippen LogP contribution in [-0.4, -0.2) is 4.98 Å². The number of aromatic nitrogens is 1. The lowest BCUT2D eigenvalue weighted by molar-refractivity contribution is 0.422. The molecule has 1 saturated carbocycles. The molecule has 0 bridgehead atoms. The third-order valence-electron chi connectivity index (χ3n) is 3.27. The molecule has 1 fully saturated rings. The number of aryl methyl sites for hydroxylation is 1. The number of thiazole rings is 1. The number of nitrogens with zero attached hydrogens (tertiary/aromatic N) is 1. The van der Waals surface area contributed by atoms with Gasteiger partial charge in [0.25, 0.3) is 0 Å². The Morgan fingerprint density at radius 2 is 2.50 bits per heavy atom. The number of hydrogen-bond donors (Lipinski definition) is 1. The fraction of sp³-hybridized carbons (Fsp3) is 0.727. The molecule has 14 heavy (non-hydrogen) atoms. The van der Waals surface area contributed by atoms with Crippen molar-refractivity contribution in [1.29, 1.82) is 0 Å². The summed E-state index contributed by atoms with van der Waals surface area (Å²) in [4.78, 5) is 4.53. The Morgan fingerprint density at radius 1 is 1.71 bits per heavy atom. The van der Waals surface area contributed by atoms with E-state index < -0.39 is 0 Å². The zero-order valence-corrected chi connectivity index (χ0v) is 9.73. The molecule has 2 unspecified atom stereocenters. The van der Waals surface area contributed by atoms with Crippen LogP contribution in [0.25, 0.3) is 0 Å². The highest BCUT2D eigenvalue weighted by Crippen LogP contribution is 2.42. The molecule has 1 heterocycles. The molecule has 0 aliphatic heterocycles. The minimum Gasteiger partial charge on any atom is -0.319 e. The van der Waals surface area contributed by atoms with Crippen LogP contribution in [0.15, 0.2) is 5.38 Å². The van der Waals surface area contributed by atoms with E-state index in [1.165, 1.54) is 12.8 Å². The second-order valence-electron chi connectivity index (χ2n) is 4.47. The summed E-state index contributed by atoms with van der Waals surface area (Å²) in [5.74, 6) is 0.809. The van der Waals surface area contributed by atoms with Crippen LogP contribution in [-0.2, 0) is 5.54 Å². The van der Waals surface area contributed by atoms with Gasteiger partial charge in [0.05, 0.1) is 5.54 Å². The van der Waals surface area contributed by atoms with Gasteiger partial charge in [-0.05, 0) is 32.1 Å². The third-order valence-corrected chi connectivity index (χ3v) is 4.45. The summed E-state index contributed by atoms with van der Waals surface area (Å²) >= 11 is 1.72. The van der Waals surface area contributed by atoms with Crippen molar-refractivity contribution in [3.63, 3.8) is 0 Å². The summed E-state index contributed by atoms with van der Waals surface area (Å²) < 4.78 is 0. The predicted molar refractivity (Wildman–Crippen MR) is 60.3 cm³/mol. The first-order chi connectivity index (χ1) is 6.64. The first-order valence-electron chi connectivity index (χ1n) is 5.35. The summed E-state index contributed by atoms with van der Waals surface area (Å²) in [5.41, 5.74) is 7.40. The summed E-state index contributed by atoms with van der Waals surface area (Å²) in [6.07, 6.45) is 4.75. The molecule has 2 nitrogen and oxygen atoms in total. The lowest BCUT2D eigenvalue weighted by Crippen LogP contribution is -2.33. The van der Waals surface area contributed by atoms with Crippen LogP contribution in [0, 0.1) is 12.8 Å². The van der Waals surface area contributed by atoms with Crippen LogP contribution in [0.5, 0.6) is 0 Å². The van der Waals surface area contributed by atoms with Gasteiger partial charge >= 0.3 is 0 Å². The molecule has 2 atom stereocenters. The minimum absolute atomic E-state index is 0.112. The predicted octanol–water partition coefficient (Wildman–Crippen LogP) is 2.82. The van der Waals surface area contributed by atoms with Crippen LogP contribution >= 0.6 is 11.3 Å². The summed E-state index contributed by atoms with van der Waals surface area (Å²) in [6.45, 7) is 4.29. The molecule has 1 aliphatic rings. The van der Waals surface area contributed by atoms with Crippen molar-refractivity contribution in [3.8, 4) is 0 Å². The SMILES string of the molecule is CCC1CCC(N)(c2nc(C)cs2)C1. The van der Waals surface area contributed by atoms with Crippen LogP contribution in [0.3, 0.4) is 0 Å². The second-order valence-corrected chi connectivity index (χ2v) is 5.33. The molecule has 0 amide bonds. The van der Waals surface area contributed by atoms with Gasteiger partial charge in [0.2, 0.25) is 0 Å². The Morgan fingerprint density at radius 3 is 3.00 bits per heavy atom. The van der Waals surface area contributed by atoms with E-state index in [1.54, 1.807) is 11.3 Å². The Kier molecular flexibility index (Phi) is 2.62. The number of hydrogen-bond acceptors (Lipinski definition) is 3. The van der Waals surface area contributed by atoms with Gasteiger partial charge in [0, 0.05) is 11.1 Å². The molecular weight excluding hydrogens is 192 g/mol. The van der Waals surface area contributed by atoms with E-state index in [-0.39, 0.29) is 5.54 Å². The molecule has 78 valence electrons. The molecule has 0 radical (unpaired) electrons. The first kappa shape index (κ1) is 10.1. The maximum Gasteiger partial charge on any atom is 0.113 e. The van der Waals surface area contributed by atoms with Gasteiger partial charge in [-0.2, -0.15) is 0 Å². The normalized spacial score (nSPS) is 32.4.